The molecule has 184 valence electrons. The van der Waals surface area contributed by atoms with Gasteiger partial charge in [-0.25, -0.2) is 0 Å². The quantitative estimate of drug-likeness (QED) is 0.471. The summed E-state index contributed by atoms with van der Waals surface area (Å²) < 4.78 is 0. The number of nitrogens with zero attached hydrogens (tertiary/aromatic N) is 2. The van der Waals surface area contributed by atoms with Gasteiger partial charge in [0, 0.05) is 49.5 Å². The lowest BCUT2D eigenvalue weighted by molar-refractivity contribution is -0.123. The number of carbonyl (C=O) groups excluding carboxylic acids is 2. The highest BCUT2D eigenvalue weighted by Crippen LogP contribution is 2.29. The monoisotopic (exact) mass is 490 g/mol. The van der Waals surface area contributed by atoms with E-state index in [4.69, 9.17) is 0 Å². The highest BCUT2D eigenvalue weighted by molar-refractivity contribution is 7.18. The molecule has 0 atom stereocenters. The number of nitrogens with one attached hydrogen (secondary N) is 2. The Bertz CT molecular complexity index is 1160. The molecule has 1 aliphatic rings. The van der Waals surface area contributed by atoms with E-state index < -0.39 is 5.41 Å². The van der Waals surface area contributed by atoms with Crippen LogP contribution >= 0.6 is 11.3 Å². The van der Waals surface area contributed by atoms with Gasteiger partial charge in [-0.2, -0.15) is 0 Å². The van der Waals surface area contributed by atoms with E-state index in [1.165, 1.54) is 22.6 Å². The summed E-state index contributed by atoms with van der Waals surface area (Å²) in [5.41, 5.74) is 3.64. The molecule has 0 bridgehead atoms. The first-order valence-electron chi connectivity index (χ1n) is 12.0. The van der Waals surface area contributed by atoms with Crippen LogP contribution in [-0.4, -0.2) is 42.9 Å². The van der Waals surface area contributed by atoms with Crippen molar-refractivity contribution in [1.29, 1.82) is 0 Å². The number of piperazine rings is 1. The number of aryl methyl sites for hydroxylation is 1. The Kier molecular flexibility index (Phi) is 7.57. The number of rotatable bonds is 6. The van der Waals surface area contributed by atoms with Crippen LogP contribution in [0.1, 0.15) is 41.6 Å². The van der Waals surface area contributed by atoms with Crippen LogP contribution in [0.2, 0.25) is 0 Å². The van der Waals surface area contributed by atoms with Crippen molar-refractivity contribution in [3.63, 3.8) is 0 Å². The topological polar surface area (TPSA) is 64.7 Å². The Morgan fingerprint density at radius 2 is 1.57 bits per heavy atom. The summed E-state index contributed by atoms with van der Waals surface area (Å²) in [6.45, 7) is 12.5. The number of hydrogen-bond acceptors (Lipinski definition) is 5. The van der Waals surface area contributed by atoms with E-state index in [1.54, 1.807) is 0 Å². The molecule has 3 aromatic rings. The van der Waals surface area contributed by atoms with E-state index in [9.17, 15) is 9.59 Å². The number of anilines is 3. The third-order valence-corrected chi connectivity index (χ3v) is 7.30. The second-order valence-corrected chi connectivity index (χ2v) is 11.1. The number of amides is 2. The van der Waals surface area contributed by atoms with Crippen LogP contribution in [0.3, 0.4) is 0 Å². The molecule has 6 nitrogen and oxygen atoms in total. The zero-order valence-corrected chi connectivity index (χ0v) is 21.7. The van der Waals surface area contributed by atoms with Gasteiger partial charge in [0.2, 0.25) is 5.91 Å². The maximum absolute atomic E-state index is 12.9. The largest absolute Gasteiger partial charge is 0.369 e. The van der Waals surface area contributed by atoms with Gasteiger partial charge in [-0.15, -0.1) is 11.3 Å². The fourth-order valence-corrected chi connectivity index (χ4v) is 4.98. The molecule has 2 amide bonds. The van der Waals surface area contributed by atoms with E-state index in [-0.39, 0.29) is 11.8 Å². The van der Waals surface area contributed by atoms with Crippen molar-refractivity contribution < 1.29 is 9.59 Å². The van der Waals surface area contributed by atoms with Gasteiger partial charge in [0.1, 0.15) is 0 Å². The van der Waals surface area contributed by atoms with Crippen molar-refractivity contribution in [2.45, 2.75) is 34.2 Å². The minimum Gasteiger partial charge on any atom is -0.369 e. The molecule has 1 aliphatic heterocycles. The third-order valence-electron chi connectivity index (χ3n) is 6.15. The van der Waals surface area contributed by atoms with Crippen LogP contribution in [-0.2, 0) is 11.3 Å². The fraction of sp³-hybridized carbons (Fsp3) is 0.357. The van der Waals surface area contributed by atoms with Crippen molar-refractivity contribution in [3.05, 3.63) is 76.7 Å². The van der Waals surface area contributed by atoms with Gasteiger partial charge in [0.05, 0.1) is 9.88 Å². The molecule has 0 unspecified atom stereocenters. The maximum atomic E-state index is 12.9. The molecule has 0 spiro atoms. The Hall–Kier alpha value is -3.16. The number of hydrogen-bond donors (Lipinski definition) is 2. The minimum atomic E-state index is -0.489. The molecule has 2 heterocycles. The van der Waals surface area contributed by atoms with Crippen LogP contribution in [0.5, 0.6) is 0 Å². The van der Waals surface area contributed by atoms with Gasteiger partial charge in [-0.1, -0.05) is 51.1 Å². The van der Waals surface area contributed by atoms with Crippen LogP contribution in [0.4, 0.5) is 16.4 Å². The predicted octanol–water partition coefficient (Wildman–Crippen LogP) is 5.62. The number of carbonyl (C=O) groups is 2. The lowest BCUT2D eigenvalue weighted by atomic mass is 9.96. The summed E-state index contributed by atoms with van der Waals surface area (Å²) in [4.78, 5) is 30.6. The summed E-state index contributed by atoms with van der Waals surface area (Å²) >= 11 is 1.30. The Morgan fingerprint density at radius 1 is 0.914 bits per heavy atom. The molecule has 1 fully saturated rings. The molecule has 0 aliphatic carbocycles. The molecular formula is C28H34N4O2S. The summed E-state index contributed by atoms with van der Waals surface area (Å²) in [5, 5.41) is 6.59. The SMILES string of the molecule is Cc1cc(NC(=O)C(C)(C)C)sc1C(=O)Nc1ccc(N2CCN(Cc3ccccc3)CC2)cc1. The van der Waals surface area contributed by atoms with E-state index in [0.717, 1.165) is 44.0 Å². The van der Waals surface area contributed by atoms with E-state index in [2.05, 4.69) is 62.9 Å². The first-order valence-corrected chi connectivity index (χ1v) is 12.9. The highest BCUT2D eigenvalue weighted by atomic mass is 32.1. The summed E-state index contributed by atoms with van der Waals surface area (Å²) in [7, 11) is 0. The minimum absolute atomic E-state index is 0.0674. The van der Waals surface area contributed by atoms with Crippen LogP contribution in [0.15, 0.2) is 60.7 Å². The van der Waals surface area contributed by atoms with Crippen molar-refractivity contribution in [3.8, 4) is 0 Å². The lowest BCUT2D eigenvalue weighted by Gasteiger charge is -2.36. The fourth-order valence-electron chi connectivity index (χ4n) is 4.02. The standard InChI is InChI=1S/C28H34N4O2S/c1-20-18-24(30-27(34)28(2,3)4)35-25(20)26(33)29-22-10-12-23(13-11-22)32-16-14-31(15-17-32)19-21-8-6-5-7-9-21/h5-13,18H,14-17,19H2,1-4H3,(H,29,33)(H,30,34). The van der Waals surface area contributed by atoms with Gasteiger partial charge in [-0.3, -0.25) is 14.5 Å². The molecule has 1 aromatic heterocycles. The second kappa shape index (κ2) is 10.6. The van der Waals surface area contributed by atoms with Crippen LogP contribution < -0.4 is 15.5 Å². The zero-order chi connectivity index (χ0) is 25.0. The van der Waals surface area contributed by atoms with E-state index >= 15 is 0 Å². The summed E-state index contributed by atoms with van der Waals surface area (Å²) in [6.07, 6.45) is 0. The molecule has 4 rings (SSSR count). The number of benzene rings is 2. The van der Waals surface area contributed by atoms with Gasteiger partial charge in [-0.05, 0) is 48.4 Å². The average molecular weight is 491 g/mol. The van der Waals surface area contributed by atoms with Gasteiger partial charge >= 0.3 is 0 Å². The summed E-state index contributed by atoms with van der Waals surface area (Å²) in [6, 6.07) is 20.5. The smallest absolute Gasteiger partial charge is 0.266 e. The zero-order valence-electron chi connectivity index (χ0n) is 20.9. The Balaban J connectivity index is 1.31. The van der Waals surface area contributed by atoms with Crippen molar-refractivity contribution in [2.24, 2.45) is 5.41 Å². The third kappa shape index (κ3) is 6.50. The molecule has 35 heavy (non-hydrogen) atoms. The average Bonchev–Trinajstić information content (AvgIpc) is 3.20. The second-order valence-electron chi connectivity index (χ2n) is 10.1. The molecule has 1 saturated heterocycles. The normalized spacial score (nSPS) is 14.6. The number of thiophene rings is 1. The van der Waals surface area contributed by atoms with Gasteiger partial charge in [0.15, 0.2) is 0 Å². The van der Waals surface area contributed by atoms with Crippen LogP contribution in [0.25, 0.3) is 0 Å². The van der Waals surface area contributed by atoms with E-state index in [1.807, 2.05) is 45.9 Å². The molecule has 2 N–H and O–H groups in total. The first-order chi connectivity index (χ1) is 16.7. The highest BCUT2D eigenvalue weighted by Gasteiger charge is 2.23. The van der Waals surface area contributed by atoms with Crippen molar-refractivity contribution in [2.75, 3.05) is 41.7 Å². The Morgan fingerprint density at radius 3 is 2.20 bits per heavy atom. The van der Waals surface area contributed by atoms with Crippen molar-refractivity contribution >= 4 is 39.5 Å². The predicted molar refractivity (Wildman–Crippen MR) is 145 cm³/mol. The van der Waals surface area contributed by atoms with Crippen molar-refractivity contribution in [1.82, 2.24) is 4.90 Å². The van der Waals surface area contributed by atoms with Gasteiger partial charge < -0.3 is 15.5 Å². The molecule has 7 heteroatoms. The van der Waals surface area contributed by atoms with Crippen LogP contribution in [0, 0.1) is 12.3 Å². The molecule has 2 aromatic carbocycles. The molecule has 0 saturated carbocycles. The van der Waals surface area contributed by atoms with E-state index in [0.29, 0.717) is 9.88 Å². The molecular weight excluding hydrogens is 456 g/mol. The molecule has 0 radical (unpaired) electrons. The Labute approximate surface area is 212 Å². The summed E-state index contributed by atoms with van der Waals surface area (Å²) in [5.74, 6) is -0.228. The van der Waals surface area contributed by atoms with Gasteiger partial charge in [0.25, 0.3) is 5.91 Å². The maximum Gasteiger partial charge on any atom is 0.266 e. The lowest BCUT2D eigenvalue weighted by Crippen LogP contribution is -2.45. The first kappa shape index (κ1) is 24.9.